The highest BCUT2D eigenvalue weighted by Crippen LogP contribution is 2.40. The van der Waals surface area contributed by atoms with Crippen molar-refractivity contribution in [3.05, 3.63) is 149 Å². The second-order valence-electron chi connectivity index (χ2n) is 9.59. The van der Waals surface area contributed by atoms with Crippen LogP contribution >= 0.6 is 11.8 Å². The number of aryl methyl sites for hydroxylation is 1. The normalized spacial score (nSPS) is 12.0. The van der Waals surface area contributed by atoms with Crippen LogP contribution in [-0.2, 0) is 13.0 Å². The van der Waals surface area contributed by atoms with E-state index in [-0.39, 0.29) is 11.6 Å². The fourth-order valence-electron chi connectivity index (χ4n) is 4.85. The molecular weight excluding hydrogens is 514 g/mol. The Labute approximate surface area is 238 Å². The molecule has 1 aliphatic carbocycles. The van der Waals surface area contributed by atoms with Gasteiger partial charge in [-0.2, -0.15) is 0 Å². The highest BCUT2D eigenvalue weighted by atomic mass is 32.2. The van der Waals surface area contributed by atoms with Crippen LogP contribution in [0.2, 0.25) is 0 Å². The Morgan fingerprint density at radius 2 is 1.32 bits per heavy atom. The Bertz CT molecular complexity index is 1690. The monoisotopic (exact) mass is 541 g/mol. The van der Waals surface area contributed by atoms with Crippen molar-refractivity contribution in [3.63, 3.8) is 0 Å². The number of ether oxygens (including phenoxy) is 1. The summed E-state index contributed by atoms with van der Waals surface area (Å²) in [4.78, 5) is 29.3. The standard InChI is InChI=1S/C35H27NO3S/c1-2-23-14-16-25(17-15-23)36-30-12-6-10-28-32(30)34(37)29-11-7-13-31(33(29)35(28)38)40-27-20-18-26(19-21-27)39-22-24-8-4-3-5-9-24/h3-21,36H,2,22H2,1H3. The highest BCUT2D eigenvalue weighted by molar-refractivity contribution is 7.99. The van der Waals surface area contributed by atoms with Crippen LogP contribution < -0.4 is 10.1 Å². The lowest BCUT2D eigenvalue weighted by Gasteiger charge is -2.22. The minimum atomic E-state index is -0.148. The zero-order chi connectivity index (χ0) is 27.5. The summed E-state index contributed by atoms with van der Waals surface area (Å²) in [6.45, 7) is 2.61. The highest BCUT2D eigenvalue weighted by Gasteiger charge is 2.33. The molecule has 0 heterocycles. The van der Waals surface area contributed by atoms with Crippen LogP contribution in [0.1, 0.15) is 49.9 Å². The van der Waals surface area contributed by atoms with E-state index in [4.69, 9.17) is 4.74 Å². The molecule has 0 radical (unpaired) electrons. The smallest absolute Gasteiger partial charge is 0.196 e. The van der Waals surface area contributed by atoms with Crippen molar-refractivity contribution in [2.45, 2.75) is 29.7 Å². The van der Waals surface area contributed by atoms with Gasteiger partial charge in [0.1, 0.15) is 12.4 Å². The number of hydrogen-bond acceptors (Lipinski definition) is 5. The molecule has 196 valence electrons. The number of fused-ring (bicyclic) bond motifs is 2. The molecule has 5 aromatic rings. The Morgan fingerprint density at radius 1 is 0.650 bits per heavy atom. The van der Waals surface area contributed by atoms with Crippen molar-refractivity contribution in [2.24, 2.45) is 0 Å². The summed E-state index contributed by atoms with van der Waals surface area (Å²) in [5.74, 6) is 0.485. The molecule has 5 aromatic carbocycles. The van der Waals surface area contributed by atoms with E-state index in [9.17, 15) is 9.59 Å². The predicted molar refractivity (Wildman–Crippen MR) is 160 cm³/mol. The number of anilines is 2. The molecule has 0 saturated carbocycles. The average Bonchev–Trinajstić information content (AvgIpc) is 3.00. The first-order valence-electron chi connectivity index (χ1n) is 13.3. The van der Waals surface area contributed by atoms with Crippen molar-refractivity contribution in [3.8, 4) is 5.75 Å². The van der Waals surface area contributed by atoms with Gasteiger partial charge in [0.25, 0.3) is 0 Å². The molecule has 0 unspecified atom stereocenters. The lowest BCUT2D eigenvalue weighted by Crippen LogP contribution is -2.23. The molecular formula is C35H27NO3S. The van der Waals surface area contributed by atoms with E-state index in [1.54, 1.807) is 12.1 Å². The van der Waals surface area contributed by atoms with Crippen molar-refractivity contribution in [2.75, 3.05) is 5.32 Å². The maximum atomic E-state index is 13.8. The third-order valence-electron chi connectivity index (χ3n) is 6.98. The van der Waals surface area contributed by atoms with Crippen LogP contribution in [0, 0.1) is 0 Å². The minimum Gasteiger partial charge on any atom is -0.489 e. The quantitative estimate of drug-likeness (QED) is 0.209. The molecule has 0 fully saturated rings. The molecule has 0 atom stereocenters. The SMILES string of the molecule is CCc1ccc(Nc2cccc3c2C(=O)c2cccc(Sc4ccc(OCc5ccccc5)cc4)c2C3=O)cc1. The first-order valence-corrected chi connectivity index (χ1v) is 14.1. The molecule has 0 aromatic heterocycles. The molecule has 1 aliphatic rings. The second kappa shape index (κ2) is 11.2. The predicted octanol–water partition coefficient (Wildman–Crippen LogP) is 8.50. The summed E-state index contributed by atoms with van der Waals surface area (Å²) in [5, 5.41) is 3.36. The number of hydrogen-bond donors (Lipinski definition) is 1. The third kappa shape index (κ3) is 5.16. The number of ketones is 2. The summed E-state index contributed by atoms with van der Waals surface area (Å²) in [5.41, 5.74) is 5.58. The van der Waals surface area contributed by atoms with Gasteiger partial charge in [0, 0.05) is 32.2 Å². The molecule has 0 aliphatic heterocycles. The van der Waals surface area contributed by atoms with Gasteiger partial charge in [-0.3, -0.25) is 9.59 Å². The molecule has 0 spiro atoms. The number of rotatable bonds is 8. The van der Waals surface area contributed by atoms with E-state index in [0.29, 0.717) is 34.5 Å². The van der Waals surface area contributed by atoms with E-state index >= 15 is 0 Å². The van der Waals surface area contributed by atoms with Crippen molar-refractivity contribution < 1.29 is 14.3 Å². The van der Waals surface area contributed by atoms with E-state index in [1.807, 2.05) is 91.0 Å². The third-order valence-corrected chi connectivity index (χ3v) is 8.04. The number of nitrogens with one attached hydrogen (secondary N) is 1. The summed E-state index contributed by atoms with van der Waals surface area (Å²) < 4.78 is 5.91. The summed E-state index contributed by atoms with van der Waals surface area (Å²) in [6, 6.07) is 36.8. The maximum absolute atomic E-state index is 13.8. The fraction of sp³-hybridized carbons (Fsp3) is 0.0857. The van der Waals surface area contributed by atoms with Crippen molar-refractivity contribution >= 4 is 34.7 Å². The molecule has 40 heavy (non-hydrogen) atoms. The van der Waals surface area contributed by atoms with Crippen LogP contribution in [0.15, 0.2) is 125 Å². The van der Waals surface area contributed by atoms with Gasteiger partial charge in [0.05, 0.1) is 11.3 Å². The van der Waals surface area contributed by atoms with Crippen molar-refractivity contribution in [1.82, 2.24) is 0 Å². The Hall–Kier alpha value is -4.61. The van der Waals surface area contributed by atoms with Gasteiger partial charge in [0.15, 0.2) is 11.6 Å². The lowest BCUT2D eigenvalue weighted by molar-refractivity contribution is 0.0977. The van der Waals surface area contributed by atoms with Crippen LogP contribution in [-0.4, -0.2) is 11.6 Å². The molecule has 0 bridgehead atoms. The lowest BCUT2D eigenvalue weighted by atomic mass is 9.83. The van der Waals surface area contributed by atoms with Crippen LogP contribution in [0.5, 0.6) is 5.75 Å². The molecule has 0 amide bonds. The zero-order valence-corrected chi connectivity index (χ0v) is 22.8. The topological polar surface area (TPSA) is 55.4 Å². The number of carbonyl (C=O) groups excluding carboxylic acids is 2. The van der Waals surface area contributed by atoms with Gasteiger partial charge in [0.2, 0.25) is 0 Å². The Morgan fingerprint density at radius 3 is 2.05 bits per heavy atom. The summed E-state index contributed by atoms with van der Waals surface area (Å²) in [7, 11) is 0. The van der Waals surface area contributed by atoms with Gasteiger partial charge < -0.3 is 10.1 Å². The minimum absolute atomic E-state index is 0.138. The maximum Gasteiger partial charge on any atom is 0.196 e. The van der Waals surface area contributed by atoms with Gasteiger partial charge >= 0.3 is 0 Å². The fourth-order valence-corrected chi connectivity index (χ4v) is 5.83. The van der Waals surface area contributed by atoms with E-state index in [2.05, 4.69) is 24.4 Å². The van der Waals surface area contributed by atoms with Crippen LogP contribution in [0.3, 0.4) is 0 Å². The Balaban J connectivity index is 1.24. The molecule has 1 N–H and O–H groups in total. The average molecular weight is 542 g/mol. The molecule has 6 rings (SSSR count). The molecule has 5 heteroatoms. The Kier molecular flexibility index (Phi) is 7.21. The van der Waals surface area contributed by atoms with Gasteiger partial charge in [-0.1, -0.05) is 85.4 Å². The number of carbonyl (C=O) groups is 2. The molecule has 4 nitrogen and oxygen atoms in total. The largest absolute Gasteiger partial charge is 0.489 e. The van der Waals surface area contributed by atoms with Crippen molar-refractivity contribution in [1.29, 1.82) is 0 Å². The summed E-state index contributed by atoms with van der Waals surface area (Å²) in [6.07, 6.45) is 0.956. The zero-order valence-electron chi connectivity index (χ0n) is 22.0. The van der Waals surface area contributed by atoms with Gasteiger partial charge in [-0.05, 0) is 66.1 Å². The summed E-state index contributed by atoms with van der Waals surface area (Å²) >= 11 is 1.47. The van der Waals surface area contributed by atoms with Gasteiger partial charge in [-0.25, -0.2) is 0 Å². The molecule has 0 saturated heterocycles. The van der Waals surface area contributed by atoms with E-state index in [1.165, 1.54) is 17.3 Å². The first-order chi connectivity index (χ1) is 19.6. The van der Waals surface area contributed by atoms with Crippen LogP contribution in [0.4, 0.5) is 11.4 Å². The van der Waals surface area contributed by atoms with E-state index < -0.39 is 0 Å². The second-order valence-corrected chi connectivity index (χ2v) is 10.7. The number of benzene rings is 5. The van der Waals surface area contributed by atoms with Gasteiger partial charge in [-0.15, -0.1) is 0 Å². The van der Waals surface area contributed by atoms with E-state index in [0.717, 1.165) is 33.2 Å². The van der Waals surface area contributed by atoms with Crippen LogP contribution in [0.25, 0.3) is 0 Å². The first kappa shape index (κ1) is 25.7.